The van der Waals surface area contributed by atoms with Gasteiger partial charge in [-0.25, -0.2) is 4.98 Å². The molecule has 2 rings (SSSR count). The van der Waals surface area contributed by atoms with E-state index in [4.69, 9.17) is 5.73 Å². The minimum atomic E-state index is -0.578. The van der Waals surface area contributed by atoms with Crippen LogP contribution in [-0.4, -0.2) is 58.3 Å². The van der Waals surface area contributed by atoms with Crippen LogP contribution in [0.5, 0.6) is 0 Å². The highest BCUT2D eigenvalue weighted by atomic mass is 32.1. The van der Waals surface area contributed by atoms with E-state index in [0.29, 0.717) is 24.8 Å². The average Bonchev–Trinajstić information content (AvgIpc) is 2.90. The van der Waals surface area contributed by atoms with Gasteiger partial charge in [0.2, 0.25) is 5.91 Å². The van der Waals surface area contributed by atoms with Crippen molar-refractivity contribution in [3.63, 3.8) is 0 Å². The number of thiazole rings is 1. The fourth-order valence-corrected chi connectivity index (χ4v) is 2.75. The molecule has 1 aliphatic heterocycles. The van der Waals surface area contributed by atoms with Crippen molar-refractivity contribution in [2.24, 2.45) is 5.73 Å². The van der Waals surface area contributed by atoms with Crippen LogP contribution in [0.3, 0.4) is 0 Å². The summed E-state index contributed by atoms with van der Waals surface area (Å²) in [5.74, 6) is -0.678. The molecular weight excluding hydrogens is 264 g/mol. The van der Waals surface area contributed by atoms with Crippen LogP contribution < -0.4 is 5.73 Å². The summed E-state index contributed by atoms with van der Waals surface area (Å²) in [7, 11) is 0. The Morgan fingerprint density at radius 1 is 1.47 bits per heavy atom. The molecule has 1 unspecified atom stereocenters. The number of aromatic nitrogens is 1. The molecule has 6 nitrogen and oxygen atoms in total. The maximum atomic E-state index is 12.3. The molecule has 0 saturated carbocycles. The molecule has 2 heterocycles. The highest BCUT2D eigenvalue weighted by molar-refractivity contribution is 7.07. The van der Waals surface area contributed by atoms with E-state index in [1.807, 2.05) is 0 Å². The third-order valence-electron chi connectivity index (χ3n) is 3.38. The van der Waals surface area contributed by atoms with Crippen molar-refractivity contribution in [2.75, 3.05) is 19.6 Å². The number of carbonyl (C=O) groups excluding carboxylic acids is 2. The van der Waals surface area contributed by atoms with Crippen LogP contribution in [0.1, 0.15) is 24.3 Å². The summed E-state index contributed by atoms with van der Waals surface area (Å²) in [6.45, 7) is 5.87. The van der Waals surface area contributed by atoms with Crippen molar-refractivity contribution in [1.29, 1.82) is 0 Å². The minimum absolute atomic E-state index is 0.214. The van der Waals surface area contributed by atoms with E-state index in [0.717, 1.165) is 6.54 Å². The molecule has 0 aliphatic carbocycles. The number of hydrogen-bond donors (Lipinski definition) is 1. The fraction of sp³-hybridized carbons (Fsp3) is 0.583. The molecule has 1 atom stereocenters. The molecule has 1 saturated heterocycles. The third kappa shape index (κ3) is 2.93. The summed E-state index contributed by atoms with van der Waals surface area (Å²) < 4.78 is 0. The Labute approximate surface area is 116 Å². The van der Waals surface area contributed by atoms with Gasteiger partial charge in [0.1, 0.15) is 11.7 Å². The number of carbonyl (C=O) groups is 2. The Bertz CT molecular complexity index is 460. The zero-order valence-corrected chi connectivity index (χ0v) is 11.9. The highest BCUT2D eigenvalue weighted by Crippen LogP contribution is 2.16. The molecule has 0 bridgehead atoms. The molecule has 1 fully saturated rings. The Balaban J connectivity index is 2.16. The topological polar surface area (TPSA) is 79.5 Å². The third-order valence-corrected chi connectivity index (χ3v) is 3.97. The number of hydrogen-bond acceptors (Lipinski definition) is 5. The SMILES string of the molecule is CC(C)N1CCN(C(=O)c2cscn2)C(C(N)=O)C1. The van der Waals surface area contributed by atoms with Crippen LogP contribution in [0.4, 0.5) is 0 Å². The molecule has 2 N–H and O–H groups in total. The van der Waals surface area contributed by atoms with E-state index in [2.05, 4.69) is 23.7 Å². The number of piperazine rings is 1. The molecular formula is C12H18N4O2S. The predicted octanol–water partition coefficient (Wildman–Crippen LogP) is 0.163. The van der Waals surface area contributed by atoms with Crippen LogP contribution in [0.15, 0.2) is 10.9 Å². The standard InChI is InChI=1S/C12H18N4O2S/c1-8(2)15-3-4-16(10(5-15)11(13)17)12(18)9-6-19-7-14-9/h6-8,10H,3-5H2,1-2H3,(H2,13,17). The van der Waals surface area contributed by atoms with Gasteiger partial charge in [0, 0.05) is 31.1 Å². The first-order valence-electron chi connectivity index (χ1n) is 6.23. The number of amides is 2. The van der Waals surface area contributed by atoms with E-state index in [9.17, 15) is 9.59 Å². The summed E-state index contributed by atoms with van der Waals surface area (Å²) in [4.78, 5) is 31.6. The first-order chi connectivity index (χ1) is 9.00. The highest BCUT2D eigenvalue weighted by Gasteiger charge is 2.35. The lowest BCUT2D eigenvalue weighted by Gasteiger charge is -2.41. The van der Waals surface area contributed by atoms with Gasteiger partial charge in [-0.3, -0.25) is 14.5 Å². The maximum Gasteiger partial charge on any atom is 0.274 e. The zero-order chi connectivity index (χ0) is 14.0. The second kappa shape index (κ2) is 5.66. The Morgan fingerprint density at radius 2 is 2.21 bits per heavy atom. The van der Waals surface area contributed by atoms with E-state index >= 15 is 0 Å². The van der Waals surface area contributed by atoms with Gasteiger partial charge in [0.05, 0.1) is 5.51 Å². The maximum absolute atomic E-state index is 12.3. The lowest BCUT2D eigenvalue weighted by molar-refractivity contribution is -0.124. The summed E-state index contributed by atoms with van der Waals surface area (Å²) in [5.41, 5.74) is 7.43. The molecule has 104 valence electrons. The molecule has 0 aromatic carbocycles. The molecule has 2 amide bonds. The van der Waals surface area contributed by atoms with Crippen LogP contribution in [0, 0.1) is 0 Å². The summed E-state index contributed by atoms with van der Waals surface area (Å²) in [5, 5.41) is 1.69. The van der Waals surface area contributed by atoms with Gasteiger partial charge < -0.3 is 10.6 Å². The Hall–Kier alpha value is -1.47. The first-order valence-corrected chi connectivity index (χ1v) is 7.17. The summed E-state index contributed by atoms with van der Waals surface area (Å²) in [6, 6.07) is -0.247. The Kier molecular flexibility index (Phi) is 4.16. The van der Waals surface area contributed by atoms with E-state index in [-0.39, 0.29) is 5.91 Å². The van der Waals surface area contributed by atoms with Crippen molar-refractivity contribution in [3.05, 3.63) is 16.6 Å². The number of primary amides is 1. The van der Waals surface area contributed by atoms with E-state index < -0.39 is 11.9 Å². The second-order valence-electron chi connectivity index (χ2n) is 4.88. The van der Waals surface area contributed by atoms with Gasteiger partial charge in [-0.2, -0.15) is 0 Å². The van der Waals surface area contributed by atoms with Gasteiger partial charge in [-0.05, 0) is 13.8 Å². The van der Waals surface area contributed by atoms with E-state index in [1.54, 1.807) is 10.9 Å². The van der Waals surface area contributed by atoms with Crippen LogP contribution >= 0.6 is 11.3 Å². The quantitative estimate of drug-likeness (QED) is 0.856. The smallest absolute Gasteiger partial charge is 0.274 e. The largest absolute Gasteiger partial charge is 0.368 e. The van der Waals surface area contributed by atoms with Gasteiger partial charge >= 0.3 is 0 Å². The van der Waals surface area contributed by atoms with E-state index in [1.165, 1.54) is 16.2 Å². The second-order valence-corrected chi connectivity index (χ2v) is 5.60. The van der Waals surface area contributed by atoms with Crippen LogP contribution in [0.25, 0.3) is 0 Å². The predicted molar refractivity (Wildman–Crippen MR) is 72.8 cm³/mol. The Morgan fingerprint density at radius 3 is 2.74 bits per heavy atom. The van der Waals surface area contributed by atoms with Gasteiger partial charge in [-0.1, -0.05) is 0 Å². The van der Waals surface area contributed by atoms with Crippen molar-refractivity contribution >= 4 is 23.2 Å². The molecule has 1 aromatic heterocycles. The average molecular weight is 282 g/mol. The summed E-state index contributed by atoms with van der Waals surface area (Å²) in [6.07, 6.45) is 0. The van der Waals surface area contributed by atoms with Gasteiger partial charge in [0.15, 0.2) is 0 Å². The van der Waals surface area contributed by atoms with Crippen molar-refractivity contribution in [3.8, 4) is 0 Å². The van der Waals surface area contributed by atoms with Crippen molar-refractivity contribution in [1.82, 2.24) is 14.8 Å². The molecule has 1 aliphatic rings. The zero-order valence-electron chi connectivity index (χ0n) is 11.1. The van der Waals surface area contributed by atoms with Crippen molar-refractivity contribution < 1.29 is 9.59 Å². The molecule has 1 aromatic rings. The number of nitrogens with two attached hydrogens (primary N) is 1. The van der Waals surface area contributed by atoms with Crippen LogP contribution in [-0.2, 0) is 4.79 Å². The summed E-state index contributed by atoms with van der Waals surface area (Å²) >= 11 is 1.36. The van der Waals surface area contributed by atoms with Gasteiger partial charge in [-0.15, -0.1) is 11.3 Å². The van der Waals surface area contributed by atoms with Crippen LogP contribution in [0.2, 0.25) is 0 Å². The first kappa shape index (κ1) is 14.0. The normalized spacial score (nSPS) is 20.8. The molecule has 19 heavy (non-hydrogen) atoms. The van der Waals surface area contributed by atoms with Crippen molar-refractivity contribution in [2.45, 2.75) is 25.9 Å². The molecule has 0 spiro atoms. The molecule has 0 radical (unpaired) electrons. The fourth-order valence-electron chi connectivity index (χ4n) is 2.22. The molecule has 7 heteroatoms. The number of rotatable bonds is 3. The lowest BCUT2D eigenvalue weighted by atomic mass is 10.1. The lowest BCUT2D eigenvalue weighted by Crippen LogP contribution is -2.61. The van der Waals surface area contributed by atoms with Gasteiger partial charge in [0.25, 0.3) is 5.91 Å². The number of nitrogens with zero attached hydrogens (tertiary/aromatic N) is 3. The minimum Gasteiger partial charge on any atom is -0.368 e. The monoisotopic (exact) mass is 282 g/mol.